The Balaban J connectivity index is 2.35. The highest BCUT2D eigenvalue weighted by molar-refractivity contribution is 7.99. The zero-order valence-electron chi connectivity index (χ0n) is 7.17. The Morgan fingerprint density at radius 1 is 1.73 bits per heavy atom. The SMILES string of the molecule is CCC1(O)CCC(OC)SC1. The van der Waals surface area contributed by atoms with E-state index in [1.54, 1.807) is 18.9 Å². The summed E-state index contributed by atoms with van der Waals surface area (Å²) in [6, 6.07) is 0. The number of ether oxygens (including phenoxy) is 1. The molecule has 1 N–H and O–H groups in total. The molecule has 0 amide bonds. The zero-order chi connectivity index (χ0) is 8.32. The summed E-state index contributed by atoms with van der Waals surface area (Å²) in [6.45, 7) is 2.04. The van der Waals surface area contributed by atoms with Crippen LogP contribution in [0.25, 0.3) is 0 Å². The molecule has 2 atom stereocenters. The first-order valence-electron chi connectivity index (χ1n) is 4.07. The fourth-order valence-corrected chi connectivity index (χ4v) is 2.52. The Morgan fingerprint density at radius 2 is 2.45 bits per heavy atom. The second-order valence-corrected chi connectivity index (χ2v) is 4.24. The van der Waals surface area contributed by atoms with Crippen LogP contribution in [0.15, 0.2) is 0 Å². The van der Waals surface area contributed by atoms with E-state index < -0.39 is 5.60 Å². The van der Waals surface area contributed by atoms with Crippen molar-refractivity contribution in [3.63, 3.8) is 0 Å². The van der Waals surface area contributed by atoms with Gasteiger partial charge in [0.05, 0.1) is 5.60 Å². The van der Waals surface area contributed by atoms with Gasteiger partial charge in [0.15, 0.2) is 0 Å². The maximum Gasteiger partial charge on any atom is 0.103 e. The average molecular weight is 176 g/mol. The molecule has 0 aromatic carbocycles. The van der Waals surface area contributed by atoms with Gasteiger partial charge in [-0.1, -0.05) is 6.92 Å². The third kappa shape index (κ3) is 2.36. The van der Waals surface area contributed by atoms with Gasteiger partial charge in [-0.05, 0) is 19.3 Å². The lowest BCUT2D eigenvalue weighted by molar-refractivity contribution is 0.0289. The van der Waals surface area contributed by atoms with E-state index >= 15 is 0 Å². The van der Waals surface area contributed by atoms with Gasteiger partial charge < -0.3 is 9.84 Å². The average Bonchev–Trinajstić information content (AvgIpc) is 2.06. The normalized spacial score (nSPS) is 39.0. The van der Waals surface area contributed by atoms with E-state index in [9.17, 15) is 5.11 Å². The van der Waals surface area contributed by atoms with Crippen molar-refractivity contribution in [2.75, 3.05) is 12.9 Å². The first-order valence-corrected chi connectivity index (χ1v) is 5.12. The van der Waals surface area contributed by atoms with Crippen LogP contribution in [-0.4, -0.2) is 29.0 Å². The number of aliphatic hydroxyl groups is 1. The Bertz CT molecular complexity index is 119. The van der Waals surface area contributed by atoms with Crippen molar-refractivity contribution < 1.29 is 9.84 Å². The smallest absolute Gasteiger partial charge is 0.103 e. The summed E-state index contributed by atoms with van der Waals surface area (Å²) in [7, 11) is 1.73. The van der Waals surface area contributed by atoms with Crippen LogP contribution in [-0.2, 0) is 4.74 Å². The molecule has 2 nitrogen and oxygen atoms in total. The minimum absolute atomic E-state index is 0.307. The molecule has 2 unspecified atom stereocenters. The largest absolute Gasteiger partial charge is 0.389 e. The van der Waals surface area contributed by atoms with Crippen molar-refractivity contribution >= 4 is 11.8 Å². The lowest BCUT2D eigenvalue weighted by Gasteiger charge is -2.34. The van der Waals surface area contributed by atoms with Gasteiger partial charge in [-0.25, -0.2) is 0 Å². The first kappa shape index (κ1) is 9.36. The molecule has 1 heterocycles. The first-order chi connectivity index (χ1) is 5.20. The van der Waals surface area contributed by atoms with E-state index in [-0.39, 0.29) is 0 Å². The van der Waals surface area contributed by atoms with Crippen LogP contribution in [0.5, 0.6) is 0 Å². The molecule has 3 heteroatoms. The fourth-order valence-electron chi connectivity index (χ4n) is 1.25. The molecule has 0 spiro atoms. The van der Waals surface area contributed by atoms with Crippen molar-refractivity contribution in [3.05, 3.63) is 0 Å². The van der Waals surface area contributed by atoms with Gasteiger partial charge in [-0.15, -0.1) is 11.8 Å². The number of hydrogen-bond donors (Lipinski definition) is 1. The predicted molar refractivity (Wildman–Crippen MR) is 47.7 cm³/mol. The fraction of sp³-hybridized carbons (Fsp3) is 1.00. The highest BCUT2D eigenvalue weighted by atomic mass is 32.2. The van der Waals surface area contributed by atoms with Crippen molar-refractivity contribution in [2.24, 2.45) is 0 Å². The second-order valence-electron chi connectivity index (χ2n) is 3.09. The van der Waals surface area contributed by atoms with Crippen LogP contribution in [0.2, 0.25) is 0 Å². The molecule has 1 saturated heterocycles. The highest BCUT2D eigenvalue weighted by Crippen LogP contribution is 2.34. The van der Waals surface area contributed by atoms with Crippen LogP contribution < -0.4 is 0 Å². The van der Waals surface area contributed by atoms with Crippen LogP contribution in [0.4, 0.5) is 0 Å². The lowest BCUT2D eigenvalue weighted by atomic mass is 9.97. The third-order valence-electron chi connectivity index (χ3n) is 2.30. The Morgan fingerprint density at radius 3 is 2.82 bits per heavy atom. The molecule has 1 aliphatic heterocycles. The summed E-state index contributed by atoms with van der Waals surface area (Å²) in [6.07, 6.45) is 2.72. The van der Waals surface area contributed by atoms with Gasteiger partial charge in [-0.2, -0.15) is 0 Å². The van der Waals surface area contributed by atoms with E-state index in [4.69, 9.17) is 4.74 Å². The van der Waals surface area contributed by atoms with Crippen LogP contribution in [0.1, 0.15) is 26.2 Å². The quantitative estimate of drug-likeness (QED) is 0.693. The Kier molecular flexibility index (Phi) is 3.22. The summed E-state index contributed by atoms with van der Waals surface area (Å²) in [4.78, 5) is 0. The van der Waals surface area contributed by atoms with Gasteiger partial charge in [0.25, 0.3) is 0 Å². The van der Waals surface area contributed by atoms with Crippen molar-refractivity contribution in [2.45, 2.75) is 37.2 Å². The molecule has 0 aliphatic carbocycles. The molecule has 1 rings (SSSR count). The standard InChI is InChI=1S/C8H16O2S/c1-3-8(9)5-4-7(10-2)11-6-8/h7,9H,3-6H2,1-2H3. The molecular formula is C8H16O2S. The van der Waals surface area contributed by atoms with E-state index in [2.05, 4.69) is 0 Å². The van der Waals surface area contributed by atoms with E-state index in [1.165, 1.54) is 0 Å². The van der Waals surface area contributed by atoms with Gasteiger partial charge in [-0.3, -0.25) is 0 Å². The molecule has 1 fully saturated rings. The summed E-state index contributed by atoms with van der Waals surface area (Å²) in [5.41, 5.74) is -0.110. The monoisotopic (exact) mass is 176 g/mol. The number of methoxy groups -OCH3 is 1. The van der Waals surface area contributed by atoms with Crippen molar-refractivity contribution in [3.8, 4) is 0 Å². The van der Waals surface area contributed by atoms with Gasteiger partial charge >= 0.3 is 0 Å². The maximum absolute atomic E-state index is 9.82. The molecule has 1 aliphatic rings. The minimum Gasteiger partial charge on any atom is -0.389 e. The van der Waals surface area contributed by atoms with E-state index in [0.717, 1.165) is 25.0 Å². The molecule has 66 valence electrons. The topological polar surface area (TPSA) is 29.5 Å². The zero-order valence-corrected chi connectivity index (χ0v) is 7.99. The highest BCUT2D eigenvalue weighted by Gasteiger charge is 2.31. The molecular weight excluding hydrogens is 160 g/mol. The predicted octanol–water partition coefficient (Wildman–Crippen LogP) is 1.63. The van der Waals surface area contributed by atoms with Gasteiger partial charge in [0.1, 0.15) is 5.44 Å². The maximum atomic E-state index is 9.82. The van der Waals surface area contributed by atoms with Gasteiger partial charge in [0.2, 0.25) is 0 Å². The molecule has 0 bridgehead atoms. The summed E-state index contributed by atoms with van der Waals surface area (Å²) in [5.74, 6) is 0.821. The van der Waals surface area contributed by atoms with Gasteiger partial charge in [0, 0.05) is 12.9 Å². The molecule has 0 saturated carbocycles. The van der Waals surface area contributed by atoms with Crippen LogP contribution in [0.3, 0.4) is 0 Å². The molecule has 0 aromatic rings. The van der Waals surface area contributed by atoms with E-state index in [1.807, 2.05) is 6.92 Å². The lowest BCUT2D eigenvalue weighted by Crippen LogP contribution is -2.36. The number of thioether (sulfide) groups is 1. The Hall–Kier alpha value is 0.270. The van der Waals surface area contributed by atoms with Crippen molar-refractivity contribution in [1.29, 1.82) is 0 Å². The number of rotatable bonds is 2. The van der Waals surface area contributed by atoms with E-state index in [0.29, 0.717) is 5.44 Å². The van der Waals surface area contributed by atoms with Crippen LogP contribution >= 0.6 is 11.8 Å². The summed E-state index contributed by atoms with van der Waals surface area (Å²) < 4.78 is 5.18. The second kappa shape index (κ2) is 3.78. The molecule has 0 radical (unpaired) electrons. The number of hydrogen-bond acceptors (Lipinski definition) is 3. The van der Waals surface area contributed by atoms with Crippen LogP contribution in [0, 0.1) is 0 Å². The summed E-state index contributed by atoms with van der Waals surface area (Å²) in [5, 5.41) is 9.82. The molecule has 0 aromatic heterocycles. The third-order valence-corrected chi connectivity index (χ3v) is 3.81. The summed E-state index contributed by atoms with van der Waals surface area (Å²) >= 11 is 1.72. The Labute approximate surface area is 72.3 Å². The van der Waals surface area contributed by atoms with Crippen molar-refractivity contribution in [1.82, 2.24) is 0 Å². The minimum atomic E-state index is -0.417. The molecule has 11 heavy (non-hydrogen) atoms.